The number of hydrogen-bond donors (Lipinski definition) is 1. The van der Waals surface area contributed by atoms with Gasteiger partial charge in [-0.2, -0.15) is 0 Å². The quantitative estimate of drug-likeness (QED) is 0.702. The molecule has 0 fully saturated rings. The highest BCUT2D eigenvalue weighted by Gasteiger charge is 2.18. The van der Waals surface area contributed by atoms with E-state index >= 15 is 0 Å². The van der Waals surface area contributed by atoms with E-state index < -0.39 is 0 Å². The van der Waals surface area contributed by atoms with Gasteiger partial charge in [-0.1, -0.05) is 44.2 Å². The van der Waals surface area contributed by atoms with Gasteiger partial charge in [-0.05, 0) is 11.1 Å². The minimum atomic E-state index is 0.00988. The summed E-state index contributed by atoms with van der Waals surface area (Å²) in [6, 6.07) is 8.25. The second kappa shape index (κ2) is 3.75. The molecule has 2 N–H and O–H groups in total. The lowest BCUT2D eigenvalue weighted by Crippen LogP contribution is -2.17. The minimum Gasteiger partial charge on any atom is -0.326 e. The molecule has 0 saturated carbocycles. The Morgan fingerprint density at radius 2 is 2.00 bits per heavy atom. The van der Waals surface area contributed by atoms with Crippen LogP contribution in [0.5, 0.6) is 0 Å². The van der Waals surface area contributed by atoms with Crippen molar-refractivity contribution in [3.63, 3.8) is 0 Å². The minimum absolute atomic E-state index is 0.00988. The van der Waals surface area contributed by atoms with Crippen LogP contribution in [0.4, 0.5) is 0 Å². The van der Waals surface area contributed by atoms with E-state index in [2.05, 4.69) is 32.6 Å². The summed E-state index contributed by atoms with van der Waals surface area (Å²) in [6.07, 6.45) is 1.96. The Morgan fingerprint density at radius 1 is 1.38 bits per heavy atom. The number of allylic oxidation sites excluding steroid dienone is 1. The lowest BCUT2D eigenvalue weighted by molar-refractivity contribution is 0.661. The maximum absolute atomic E-state index is 5.67. The molecule has 0 aliphatic rings. The third kappa shape index (κ3) is 1.99. The molecule has 1 heteroatoms. The Morgan fingerprint density at radius 3 is 2.54 bits per heavy atom. The predicted octanol–water partition coefficient (Wildman–Crippen LogP) is 2.61. The van der Waals surface area contributed by atoms with Gasteiger partial charge in [-0.25, -0.2) is 0 Å². The maximum Gasteiger partial charge on any atom is 0.0181 e. The van der Waals surface area contributed by atoms with Crippen LogP contribution in [-0.2, 0) is 12.0 Å². The van der Waals surface area contributed by atoms with E-state index in [1.165, 1.54) is 11.1 Å². The molecule has 70 valence electrons. The van der Waals surface area contributed by atoms with Gasteiger partial charge < -0.3 is 5.73 Å². The maximum atomic E-state index is 5.67. The highest BCUT2D eigenvalue weighted by atomic mass is 14.5. The lowest BCUT2D eigenvalue weighted by atomic mass is 9.82. The van der Waals surface area contributed by atoms with Crippen molar-refractivity contribution in [3.8, 4) is 0 Å². The molecule has 0 heterocycles. The van der Waals surface area contributed by atoms with Crippen molar-refractivity contribution in [1.29, 1.82) is 0 Å². The van der Waals surface area contributed by atoms with Crippen molar-refractivity contribution in [3.05, 3.63) is 48.0 Å². The van der Waals surface area contributed by atoms with Crippen molar-refractivity contribution in [2.24, 2.45) is 5.73 Å². The smallest absolute Gasteiger partial charge is 0.0181 e. The van der Waals surface area contributed by atoms with Gasteiger partial charge in [-0.15, -0.1) is 6.58 Å². The SMILES string of the molecule is C=CC(C)(C)c1ccccc1CN. The highest BCUT2D eigenvalue weighted by Crippen LogP contribution is 2.26. The molecule has 0 spiro atoms. The third-order valence-corrected chi connectivity index (χ3v) is 2.44. The molecule has 1 aromatic rings. The lowest BCUT2D eigenvalue weighted by Gasteiger charge is -2.23. The van der Waals surface area contributed by atoms with Crippen molar-refractivity contribution >= 4 is 0 Å². The van der Waals surface area contributed by atoms with Gasteiger partial charge in [0.15, 0.2) is 0 Å². The standard InChI is InChI=1S/C12H17N/c1-4-12(2,3)11-8-6-5-7-10(11)9-13/h4-8H,1,9,13H2,2-3H3. The Labute approximate surface area is 80.3 Å². The molecule has 0 atom stereocenters. The molecule has 0 saturated heterocycles. The molecule has 0 radical (unpaired) electrons. The molecule has 0 amide bonds. The van der Waals surface area contributed by atoms with Crippen molar-refractivity contribution in [2.75, 3.05) is 0 Å². The van der Waals surface area contributed by atoms with Crippen molar-refractivity contribution < 1.29 is 0 Å². The second-order valence-electron chi connectivity index (χ2n) is 3.79. The molecule has 1 nitrogen and oxygen atoms in total. The normalized spacial score (nSPS) is 11.3. The Hall–Kier alpha value is -1.08. The van der Waals surface area contributed by atoms with Crippen LogP contribution in [-0.4, -0.2) is 0 Å². The van der Waals surface area contributed by atoms with E-state index in [1.807, 2.05) is 18.2 Å². The Bertz CT molecular complexity index is 300. The van der Waals surface area contributed by atoms with Crippen LogP contribution in [0.15, 0.2) is 36.9 Å². The summed E-state index contributed by atoms with van der Waals surface area (Å²) in [7, 11) is 0. The van der Waals surface area contributed by atoms with Crippen LogP contribution in [0.2, 0.25) is 0 Å². The van der Waals surface area contributed by atoms with Gasteiger partial charge in [0.2, 0.25) is 0 Å². The van der Waals surface area contributed by atoms with E-state index in [-0.39, 0.29) is 5.41 Å². The Balaban J connectivity index is 3.20. The molecule has 0 aliphatic heterocycles. The summed E-state index contributed by atoms with van der Waals surface area (Å²) in [4.78, 5) is 0. The number of rotatable bonds is 3. The van der Waals surface area contributed by atoms with Crippen LogP contribution in [0, 0.1) is 0 Å². The van der Waals surface area contributed by atoms with Gasteiger partial charge in [0.25, 0.3) is 0 Å². The summed E-state index contributed by atoms with van der Waals surface area (Å²) in [5, 5.41) is 0. The van der Waals surface area contributed by atoms with Gasteiger partial charge in [0.1, 0.15) is 0 Å². The zero-order chi connectivity index (χ0) is 9.90. The summed E-state index contributed by atoms with van der Waals surface area (Å²) >= 11 is 0. The van der Waals surface area contributed by atoms with Gasteiger partial charge in [0, 0.05) is 12.0 Å². The largest absolute Gasteiger partial charge is 0.326 e. The molecule has 1 aromatic carbocycles. The summed E-state index contributed by atoms with van der Waals surface area (Å²) < 4.78 is 0. The van der Waals surface area contributed by atoms with Gasteiger partial charge in [0.05, 0.1) is 0 Å². The first-order valence-corrected chi connectivity index (χ1v) is 4.54. The molecular formula is C12H17N. The van der Waals surface area contributed by atoms with Crippen LogP contribution in [0.25, 0.3) is 0 Å². The first-order valence-electron chi connectivity index (χ1n) is 4.54. The summed E-state index contributed by atoms with van der Waals surface area (Å²) in [5.41, 5.74) is 8.15. The van der Waals surface area contributed by atoms with Gasteiger partial charge >= 0.3 is 0 Å². The first-order chi connectivity index (χ1) is 6.11. The van der Waals surface area contributed by atoms with E-state index in [0.717, 1.165) is 0 Å². The van der Waals surface area contributed by atoms with Crippen LogP contribution < -0.4 is 5.73 Å². The predicted molar refractivity (Wildman–Crippen MR) is 57.6 cm³/mol. The molecule has 0 aliphatic carbocycles. The van der Waals surface area contributed by atoms with E-state index in [9.17, 15) is 0 Å². The number of hydrogen-bond acceptors (Lipinski definition) is 1. The van der Waals surface area contributed by atoms with Crippen molar-refractivity contribution in [1.82, 2.24) is 0 Å². The highest BCUT2D eigenvalue weighted by molar-refractivity contribution is 5.36. The molecular weight excluding hydrogens is 158 g/mol. The van der Waals surface area contributed by atoms with Crippen LogP contribution in [0.1, 0.15) is 25.0 Å². The third-order valence-electron chi connectivity index (χ3n) is 2.44. The fraction of sp³-hybridized carbons (Fsp3) is 0.333. The first kappa shape index (κ1) is 10.0. The molecule has 0 aromatic heterocycles. The average molecular weight is 175 g/mol. The number of benzene rings is 1. The molecule has 1 rings (SSSR count). The fourth-order valence-electron chi connectivity index (χ4n) is 1.44. The van der Waals surface area contributed by atoms with Crippen LogP contribution in [0.3, 0.4) is 0 Å². The monoisotopic (exact) mass is 175 g/mol. The second-order valence-corrected chi connectivity index (χ2v) is 3.79. The van der Waals surface area contributed by atoms with Crippen molar-refractivity contribution in [2.45, 2.75) is 25.8 Å². The molecule has 0 unspecified atom stereocenters. The molecule has 0 bridgehead atoms. The number of nitrogens with two attached hydrogens (primary N) is 1. The fourth-order valence-corrected chi connectivity index (χ4v) is 1.44. The van der Waals surface area contributed by atoms with Crippen LogP contribution >= 0.6 is 0 Å². The molecule has 13 heavy (non-hydrogen) atoms. The van der Waals surface area contributed by atoms with E-state index in [4.69, 9.17) is 5.73 Å². The average Bonchev–Trinajstić information content (AvgIpc) is 2.18. The Kier molecular flexibility index (Phi) is 2.89. The summed E-state index contributed by atoms with van der Waals surface area (Å²) in [5.74, 6) is 0. The van der Waals surface area contributed by atoms with E-state index in [1.54, 1.807) is 0 Å². The van der Waals surface area contributed by atoms with Gasteiger partial charge in [-0.3, -0.25) is 0 Å². The zero-order valence-electron chi connectivity index (χ0n) is 8.38. The summed E-state index contributed by atoms with van der Waals surface area (Å²) in [6.45, 7) is 8.73. The van der Waals surface area contributed by atoms with E-state index in [0.29, 0.717) is 6.54 Å². The topological polar surface area (TPSA) is 26.0 Å². The zero-order valence-corrected chi connectivity index (χ0v) is 8.38.